The molecule has 2 rings (SSSR count). The summed E-state index contributed by atoms with van der Waals surface area (Å²) in [5.74, 6) is 0. The third-order valence-electron chi connectivity index (χ3n) is 2.76. The van der Waals surface area contributed by atoms with Crippen molar-refractivity contribution in [1.82, 2.24) is 4.98 Å². The molecule has 0 spiro atoms. The van der Waals surface area contributed by atoms with Crippen molar-refractivity contribution in [3.63, 3.8) is 0 Å². The second-order valence-corrected chi connectivity index (χ2v) is 17.6. The Morgan fingerprint density at radius 1 is 1.10 bits per heavy atom. The molecule has 0 bridgehead atoms. The first kappa shape index (κ1) is 21.3. The van der Waals surface area contributed by atoms with E-state index in [-0.39, 0.29) is 7.43 Å². The molecule has 1 aromatic carbocycles. The number of aromatic nitrogens is 1. The van der Waals surface area contributed by atoms with Gasteiger partial charge in [0, 0.05) is 11.9 Å². The average Bonchev–Trinajstić information content (AvgIpc) is 2.39. The Morgan fingerprint density at radius 2 is 1.67 bits per heavy atom. The predicted octanol–water partition coefficient (Wildman–Crippen LogP) is 6.43. The van der Waals surface area contributed by atoms with Crippen LogP contribution >= 0.6 is 38.4 Å². The van der Waals surface area contributed by atoms with Gasteiger partial charge in [-0.05, 0) is 32.9 Å². The first-order valence-electron chi connectivity index (χ1n) is 6.20. The number of hydrogen-bond acceptors (Lipinski definition) is 1. The fraction of sp³-hybridized carbons (Fsp3) is 0.250. The zero-order valence-electron chi connectivity index (χ0n) is 12.8. The molecular formula is C16H20I2N2Ti-2. The summed E-state index contributed by atoms with van der Waals surface area (Å²) in [7, 11) is 0. The fourth-order valence-corrected chi connectivity index (χ4v) is 2.07. The van der Waals surface area contributed by atoms with Gasteiger partial charge < -0.3 is 12.7 Å². The van der Waals surface area contributed by atoms with Crippen molar-refractivity contribution in [2.24, 2.45) is 0 Å². The monoisotopic (exact) mass is 542 g/mol. The van der Waals surface area contributed by atoms with E-state index in [0.717, 1.165) is 11.4 Å². The molecule has 0 N–H and O–H groups in total. The molecule has 1 aromatic heterocycles. The summed E-state index contributed by atoms with van der Waals surface area (Å²) in [5, 5.41) is 4.65. The topological polar surface area (TPSA) is 27.0 Å². The summed E-state index contributed by atoms with van der Waals surface area (Å²) < 4.78 is 0. The van der Waals surface area contributed by atoms with Gasteiger partial charge in [-0.15, -0.1) is 5.69 Å². The second-order valence-electron chi connectivity index (χ2n) is 4.46. The average molecular weight is 542 g/mol. The molecule has 2 aromatic rings. The van der Waals surface area contributed by atoms with Crippen molar-refractivity contribution < 1.29 is 11.7 Å². The van der Waals surface area contributed by atoms with E-state index >= 15 is 0 Å². The summed E-state index contributed by atoms with van der Waals surface area (Å²) in [6.45, 7) is 6.97. The normalized spacial score (nSPS) is 9.00. The standard InChI is InChI=1S/C15H17N2.CH3.2HI.Ti/c1-11-8-12(2)15(13(3)9-11)17-10-14-6-4-5-7-16-14;;;;/h4-9H,10H2,1-3H3;1H3;2*1H;/q2*-1;;;+2/p-2. The van der Waals surface area contributed by atoms with Crippen molar-refractivity contribution in [3.05, 3.63) is 71.7 Å². The van der Waals surface area contributed by atoms with Gasteiger partial charge in [0.05, 0.1) is 0 Å². The molecule has 114 valence electrons. The number of halogens is 2. The molecule has 21 heavy (non-hydrogen) atoms. The van der Waals surface area contributed by atoms with E-state index in [1.807, 2.05) is 18.2 Å². The Balaban J connectivity index is 0.000000922. The zero-order valence-corrected chi connectivity index (χ0v) is 18.7. The fourth-order valence-electron chi connectivity index (χ4n) is 2.07. The van der Waals surface area contributed by atoms with Crippen molar-refractivity contribution in [1.29, 1.82) is 0 Å². The number of aryl methyl sites for hydroxylation is 3. The number of rotatable bonds is 3. The van der Waals surface area contributed by atoms with E-state index < -0.39 is 0 Å². The van der Waals surface area contributed by atoms with Gasteiger partial charge in [0.1, 0.15) is 0 Å². The summed E-state index contributed by atoms with van der Waals surface area (Å²) in [6.07, 6.45) is 1.81. The molecule has 0 amide bonds. The molecule has 0 aliphatic rings. The predicted molar refractivity (Wildman–Crippen MR) is 106 cm³/mol. The summed E-state index contributed by atoms with van der Waals surface area (Å²) in [6, 6.07) is 10.3. The number of benzene rings is 1. The Bertz CT molecular complexity index is 510. The molecule has 1 heterocycles. The molecule has 0 aliphatic carbocycles. The van der Waals surface area contributed by atoms with E-state index in [2.05, 4.69) is 81.6 Å². The van der Waals surface area contributed by atoms with Crippen LogP contribution in [0.1, 0.15) is 22.4 Å². The van der Waals surface area contributed by atoms with Crippen LogP contribution in [0.3, 0.4) is 0 Å². The minimum absolute atomic E-state index is 0. The van der Waals surface area contributed by atoms with Crippen LogP contribution in [-0.4, -0.2) is 4.98 Å². The van der Waals surface area contributed by atoms with E-state index in [0.29, 0.717) is 18.2 Å². The van der Waals surface area contributed by atoms with Gasteiger partial charge in [-0.3, -0.25) is 4.98 Å². The van der Waals surface area contributed by atoms with Gasteiger partial charge in [0.15, 0.2) is 0 Å². The molecule has 0 saturated heterocycles. The van der Waals surface area contributed by atoms with Crippen LogP contribution in [-0.2, 0) is 18.2 Å². The Labute approximate surface area is 158 Å². The molecule has 0 atom stereocenters. The van der Waals surface area contributed by atoms with Crippen LogP contribution in [0, 0.1) is 28.2 Å². The molecule has 0 fully saturated rings. The quantitative estimate of drug-likeness (QED) is 0.250. The van der Waals surface area contributed by atoms with E-state index in [1.54, 1.807) is 6.20 Å². The molecule has 5 heteroatoms. The molecule has 0 radical (unpaired) electrons. The van der Waals surface area contributed by atoms with Crippen LogP contribution in [0.25, 0.3) is 5.32 Å². The first-order valence-corrected chi connectivity index (χ1v) is 16.3. The van der Waals surface area contributed by atoms with Crippen molar-refractivity contribution >= 4 is 44.1 Å². The first-order chi connectivity index (χ1) is 9.58. The van der Waals surface area contributed by atoms with Gasteiger partial charge in [0.25, 0.3) is 0 Å². The third-order valence-corrected chi connectivity index (χ3v) is 2.76. The van der Waals surface area contributed by atoms with Crippen LogP contribution in [0.2, 0.25) is 0 Å². The van der Waals surface area contributed by atoms with Crippen LogP contribution < -0.4 is 0 Å². The Morgan fingerprint density at radius 3 is 2.14 bits per heavy atom. The maximum atomic E-state index is 4.65. The molecular weight excluding hydrogens is 522 g/mol. The zero-order chi connectivity index (χ0) is 15.0. The Kier molecular flexibility index (Phi) is 12.0. The van der Waals surface area contributed by atoms with Gasteiger partial charge in [-0.25, -0.2) is 0 Å². The van der Waals surface area contributed by atoms with E-state index in [4.69, 9.17) is 0 Å². The summed E-state index contributed by atoms with van der Waals surface area (Å²) in [5.41, 5.74) is 5.86. The second kappa shape index (κ2) is 11.9. The van der Waals surface area contributed by atoms with Gasteiger partial charge in [0.2, 0.25) is 0 Å². The van der Waals surface area contributed by atoms with Crippen LogP contribution in [0.15, 0.2) is 36.5 Å². The molecule has 2 nitrogen and oxygen atoms in total. The molecule has 0 saturated carbocycles. The van der Waals surface area contributed by atoms with E-state index in [1.165, 1.54) is 16.7 Å². The summed E-state index contributed by atoms with van der Waals surface area (Å²) >= 11 is 5.24. The van der Waals surface area contributed by atoms with Crippen LogP contribution in [0.4, 0.5) is 5.69 Å². The van der Waals surface area contributed by atoms with Crippen molar-refractivity contribution in [3.8, 4) is 0 Å². The molecule has 0 aliphatic heterocycles. The minimum atomic E-state index is 0. The number of hydrogen-bond donors (Lipinski definition) is 0. The van der Waals surface area contributed by atoms with Gasteiger partial charge >= 0.3 is 50.0 Å². The third kappa shape index (κ3) is 7.95. The molecule has 0 unspecified atom stereocenters. The Hall–Kier alpha value is 0.344. The maximum absolute atomic E-state index is 4.65. The SMILES string of the molecule is Cc1cc(C)c([N-]Cc2ccccn2)c(C)c1.[CH3-].[I][Ti][I]. The van der Waals surface area contributed by atoms with Crippen molar-refractivity contribution in [2.75, 3.05) is 0 Å². The van der Waals surface area contributed by atoms with Crippen LogP contribution in [0.5, 0.6) is 0 Å². The van der Waals surface area contributed by atoms with E-state index in [9.17, 15) is 0 Å². The number of nitrogens with zero attached hydrogens (tertiary/aromatic N) is 2. The van der Waals surface area contributed by atoms with Crippen molar-refractivity contribution in [2.45, 2.75) is 27.3 Å². The number of pyridine rings is 1. The summed E-state index contributed by atoms with van der Waals surface area (Å²) in [4.78, 5) is 4.28. The van der Waals surface area contributed by atoms with Gasteiger partial charge in [-0.2, -0.15) is 0 Å². The van der Waals surface area contributed by atoms with Gasteiger partial charge in [-0.1, -0.05) is 41.4 Å².